The molecular formula is C20H19Cl2N5O. The summed E-state index contributed by atoms with van der Waals surface area (Å²) in [6.07, 6.45) is 1.59. The van der Waals surface area contributed by atoms with Gasteiger partial charge in [-0.1, -0.05) is 29.3 Å². The number of hydrogen-bond donors (Lipinski definition) is 2. The molecule has 0 unspecified atom stereocenters. The Bertz CT molecular complexity index is 946. The molecule has 1 fully saturated rings. The lowest BCUT2D eigenvalue weighted by atomic mass is 10.2. The lowest BCUT2D eigenvalue weighted by molar-refractivity contribution is -0.112. The SMILES string of the molecule is N#C/C(=C/N1CCN(c2cccc(Cl)c2)CC1)C(=O)Nc1ccc(N)cc1Cl. The molecule has 3 N–H and O–H groups in total. The maximum absolute atomic E-state index is 12.4. The molecule has 0 aliphatic carbocycles. The summed E-state index contributed by atoms with van der Waals surface area (Å²) in [4.78, 5) is 16.6. The zero-order valence-electron chi connectivity index (χ0n) is 15.0. The fourth-order valence-corrected chi connectivity index (χ4v) is 3.35. The van der Waals surface area contributed by atoms with Gasteiger partial charge in [0.05, 0.1) is 10.7 Å². The van der Waals surface area contributed by atoms with Crippen LogP contribution in [0.4, 0.5) is 17.1 Å². The predicted molar refractivity (Wildman–Crippen MR) is 113 cm³/mol. The first-order valence-electron chi connectivity index (χ1n) is 8.69. The monoisotopic (exact) mass is 415 g/mol. The maximum atomic E-state index is 12.4. The van der Waals surface area contributed by atoms with Crippen molar-refractivity contribution in [3.05, 3.63) is 64.3 Å². The summed E-state index contributed by atoms with van der Waals surface area (Å²) in [5.41, 5.74) is 7.64. The van der Waals surface area contributed by atoms with Gasteiger partial charge >= 0.3 is 0 Å². The molecule has 1 saturated heterocycles. The van der Waals surface area contributed by atoms with E-state index in [0.29, 0.717) is 34.5 Å². The van der Waals surface area contributed by atoms with E-state index in [0.717, 1.165) is 18.8 Å². The minimum Gasteiger partial charge on any atom is -0.399 e. The Kier molecular flexibility index (Phi) is 6.30. The Hall–Kier alpha value is -2.88. The van der Waals surface area contributed by atoms with Crippen molar-refractivity contribution in [2.75, 3.05) is 42.1 Å². The van der Waals surface area contributed by atoms with Crippen molar-refractivity contribution in [2.45, 2.75) is 0 Å². The molecule has 1 amide bonds. The minimum atomic E-state index is -0.508. The lowest BCUT2D eigenvalue weighted by Crippen LogP contribution is -2.44. The summed E-state index contributed by atoms with van der Waals surface area (Å²) in [6, 6.07) is 14.4. The van der Waals surface area contributed by atoms with Crippen molar-refractivity contribution in [1.82, 2.24) is 4.90 Å². The highest BCUT2D eigenvalue weighted by molar-refractivity contribution is 6.34. The van der Waals surface area contributed by atoms with Gasteiger partial charge in [-0.3, -0.25) is 4.79 Å². The van der Waals surface area contributed by atoms with Gasteiger partial charge in [0.15, 0.2) is 0 Å². The molecule has 3 rings (SSSR count). The van der Waals surface area contributed by atoms with Gasteiger partial charge in [-0.05, 0) is 36.4 Å². The van der Waals surface area contributed by atoms with Crippen LogP contribution in [0.5, 0.6) is 0 Å². The average molecular weight is 416 g/mol. The molecule has 6 nitrogen and oxygen atoms in total. The van der Waals surface area contributed by atoms with Gasteiger partial charge in [0, 0.05) is 48.8 Å². The molecule has 0 aromatic heterocycles. The molecule has 0 spiro atoms. The minimum absolute atomic E-state index is 0.0177. The van der Waals surface area contributed by atoms with E-state index in [2.05, 4.69) is 10.2 Å². The van der Waals surface area contributed by atoms with Crippen molar-refractivity contribution in [1.29, 1.82) is 5.26 Å². The number of halogens is 2. The Labute approximate surface area is 173 Å². The van der Waals surface area contributed by atoms with Crippen LogP contribution in [0.2, 0.25) is 10.0 Å². The van der Waals surface area contributed by atoms with Crippen LogP contribution in [-0.2, 0) is 4.79 Å². The van der Waals surface area contributed by atoms with Crippen LogP contribution in [0.3, 0.4) is 0 Å². The summed E-state index contributed by atoms with van der Waals surface area (Å²) in [6.45, 7) is 2.91. The molecule has 0 radical (unpaired) electrons. The van der Waals surface area contributed by atoms with E-state index in [9.17, 15) is 10.1 Å². The first-order chi connectivity index (χ1) is 13.5. The smallest absolute Gasteiger partial charge is 0.267 e. The number of rotatable bonds is 4. The number of piperazine rings is 1. The number of nitriles is 1. The number of nitrogen functional groups attached to an aromatic ring is 1. The second kappa shape index (κ2) is 8.87. The van der Waals surface area contributed by atoms with E-state index in [1.165, 1.54) is 0 Å². The highest BCUT2D eigenvalue weighted by Gasteiger charge is 2.18. The molecule has 28 heavy (non-hydrogen) atoms. The number of anilines is 3. The fourth-order valence-electron chi connectivity index (χ4n) is 2.93. The molecule has 144 valence electrons. The van der Waals surface area contributed by atoms with Crippen LogP contribution in [-0.4, -0.2) is 37.0 Å². The molecule has 0 atom stereocenters. The summed E-state index contributed by atoms with van der Waals surface area (Å²) < 4.78 is 0. The highest BCUT2D eigenvalue weighted by Crippen LogP contribution is 2.25. The van der Waals surface area contributed by atoms with Crippen molar-refractivity contribution >= 4 is 46.2 Å². The van der Waals surface area contributed by atoms with Crippen LogP contribution in [0.15, 0.2) is 54.2 Å². The van der Waals surface area contributed by atoms with Crippen molar-refractivity contribution in [2.24, 2.45) is 0 Å². The quantitative estimate of drug-likeness (QED) is 0.451. The summed E-state index contributed by atoms with van der Waals surface area (Å²) >= 11 is 12.1. The Morgan fingerprint density at radius 1 is 1.14 bits per heavy atom. The first-order valence-corrected chi connectivity index (χ1v) is 9.45. The third kappa shape index (κ3) is 4.89. The number of carbonyl (C=O) groups excluding carboxylic acids is 1. The van der Waals surface area contributed by atoms with E-state index in [-0.39, 0.29) is 5.57 Å². The molecule has 1 aliphatic rings. The zero-order chi connectivity index (χ0) is 20.1. The molecule has 8 heteroatoms. The second-order valence-corrected chi connectivity index (χ2v) is 7.19. The molecule has 2 aromatic rings. The largest absolute Gasteiger partial charge is 0.399 e. The van der Waals surface area contributed by atoms with Crippen LogP contribution in [0.1, 0.15) is 0 Å². The van der Waals surface area contributed by atoms with Gasteiger partial charge < -0.3 is 20.9 Å². The van der Waals surface area contributed by atoms with E-state index in [1.807, 2.05) is 35.2 Å². The summed E-state index contributed by atoms with van der Waals surface area (Å²) in [5, 5.41) is 13.1. The van der Waals surface area contributed by atoms with Crippen LogP contribution in [0.25, 0.3) is 0 Å². The van der Waals surface area contributed by atoms with Crippen LogP contribution >= 0.6 is 23.2 Å². The second-order valence-electron chi connectivity index (χ2n) is 6.35. The third-order valence-corrected chi connectivity index (χ3v) is 4.95. The number of benzene rings is 2. The van der Waals surface area contributed by atoms with Gasteiger partial charge in [-0.25, -0.2) is 0 Å². The number of hydrogen-bond acceptors (Lipinski definition) is 5. The third-order valence-electron chi connectivity index (χ3n) is 4.41. The predicted octanol–water partition coefficient (Wildman–Crippen LogP) is 3.74. The van der Waals surface area contributed by atoms with E-state index in [4.69, 9.17) is 28.9 Å². The van der Waals surface area contributed by atoms with Crippen LogP contribution < -0.4 is 16.0 Å². The molecule has 0 bridgehead atoms. The number of nitrogens with two attached hydrogens (primary N) is 1. The van der Waals surface area contributed by atoms with Crippen molar-refractivity contribution in [3.63, 3.8) is 0 Å². The van der Waals surface area contributed by atoms with Crippen LogP contribution in [0, 0.1) is 11.3 Å². The lowest BCUT2D eigenvalue weighted by Gasteiger charge is -2.35. The normalized spacial score (nSPS) is 14.5. The molecular weight excluding hydrogens is 397 g/mol. The van der Waals surface area contributed by atoms with Crippen molar-refractivity contribution < 1.29 is 4.79 Å². The summed E-state index contributed by atoms with van der Waals surface area (Å²) in [5.74, 6) is -0.508. The van der Waals surface area contributed by atoms with Gasteiger partial charge in [0.2, 0.25) is 0 Å². The Balaban J connectivity index is 1.63. The number of carbonyl (C=O) groups is 1. The van der Waals surface area contributed by atoms with E-state index in [1.54, 1.807) is 24.4 Å². The fraction of sp³-hybridized carbons (Fsp3) is 0.200. The maximum Gasteiger partial charge on any atom is 0.267 e. The van der Waals surface area contributed by atoms with Gasteiger partial charge in [-0.2, -0.15) is 5.26 Å². The van der Waals surface area contributed by atoms with Gasteiger partial charge in [0.1, 0.15) is 11.6 Å². The molecule has 0 saturated carbocycles. The highest BCUT2D eigenvalue weighted by atomic mass is 35.5. The number of nitrogens with one attached hydrogen (secondary N) is 1. The molecule has 1 heterocycles. The van der Waals surface area contributed by atoms with E-state index < -0.39 is 5.91 Å². The average Bonchev–Trinajstić information content (AvgIpc) is 2.68. The number of amides is 1. The molecule has 2 aromatic carbocycles. The van der Waals surface area contributed by atoms with Gasteiger partial charge in [0.25, 0.3) is 5.91 Å². The Morgan fingerprint density at radius 2 is 1.89 bits per heavy atom. The van der Waals surface area contributed by atoms with Crippen molar-refractivity contribution in [3.8, 4) is 6.07 Å². The first kappa shape index (κ1) is 19.9. The Morgan fingerprint density at radius 3 is 2.54 bits per heavy atom. The van der Waals surface area contributed by atoms with Gasteiger partial charge in [-0.15, -0.1) is 0 Å². The standard InChI is InChI=1S/C20H19Cl2N5O/c21-15-2-1-3-17(10-15)27-8-6-26(7-9-27)13-14(12-23)20(28)25-19-5-4-16(24)11-18(19)22/h1-5,10-11,13H,6-9,24H2,(H,25,28)/b14-13-. The van der Waals surface area contributed by atoms with E-state index >= 15 is 0 Å². The number of nitrogens with zero attached hydrogens (tertiary/aromatic N) is 3. The zero-order valence-corrected chi connectivity index (χ0v) is 16.5. The topological polar surface area (TPSA) is 85.4 Å². The molecule has 1 aliphatic heterocycles. The summed E-state index contributed by atoms with van der Waals surface area (Å²) in [7, 11) is 0.